The number of benzene rings is 1. The number of nitrogens with zero attached hydrogens (tertiary/aromatic N) is 1. The smallest absolute Gasteiger partial charge is 0.249 e. The van der Waals surface area contributed by atoms with Gasteiger partial charge >= 0.3 is 0 Å². The summed E-state index contributed by atoms with van der Waals surface area (Å²) in [6.45, 7) is 1.63. The van der Waals surface area contributed by atoms with Gasteiger partial charge in [-0.15, -0.1) is 0 Å². The lowest BCUT2D eigenvalue weighted by Crippen LogP contribution is -2.26. The highest BCUT2D eigenvalue weighted by molar-refractivity contribution is 7.93. The van der Waals surface area contributed by atoms with Gasteiger partial charge in [0.15, 0.2) is 5.25 Å². The maximum absolute atomic E-state index is 12.0. The van der Waals surface area contributed by atoms with Gasteiger partial charge in [-0.2, -0.15) is 5.26 Å². The van der Waals surface area contributed by atoms with Crippen LogP contribution in [0.3, 0.4) is 0 Å². The van der Waals surface area contributed by atoms with Crippen LogP contribution in [0.15, 0.2) is 18.2 Å². The van der Waals surface area contributed by atoms with Crippen LogP contribution in [0.5, 0.6) is 11.5 Å². The van der Waals surface area contributed by atoms with Crippen molar-refractivity contribution in [3.63, 3.8) is 0 Å². The van der Waals surface area contributed by atoms with E-state index in [9.17, 15) is 8.42 Å². The highest BCUT2D eigenvalue weighted by Gasteiger charge is 2.24. The Morgan fingerprint density at radius 2 is 2.05 bits per heavy atom. The molecule has 0 heterocycles. The number of nitriles is 1. The van der Waals surface area contributed by atoms with E-state index in [2.05, 4.69) is 4.72 Å². The first-order valence-corrected chi connectivity index (χ1v) is 7.16. The summed E-state index contributed by atoms with van der Waals surface area (Å²) < 4.78 is 36.5. The second-order valence-corrected chi connectivity index (χ2v) is 5.60. The maximum Gasteiger partial charge on any atom is 0.249 e. The number of hydrogen-bond acceptors (Lipinski definition) is 5. The molecular formula is C12H16N2O4S. The Kier molecular flexibility index (Phi) is 5.01. The number of rotatable bonds is 6. The number of ether oxygens (including phenoxy) is 2. The molecule has 0 saturated heterocycles. The molecule has 6 nitrogen and oxygen atoms in total. The number of sulfonamides is 1. The highest BCUT2D eigenvalue weighted by atomic mass is 32.2. The largest absolute Gasteiger partial charge is 0.497 e. The first kappa shape index (κ1) is 15.1. The first-order chi connectivity index (χ1) is 8.98. The molecule has 0 aliphatic carbocycles. The third-order valence-corrected chi connectivity index (χ3v) is 4.24. The summed E-state index contributed by atoms with van der Waals surface area (Å²) >= 11 is 0. The zero-order valence-electron chi connectivity index (χ0n) is 11.0. The Hall–Kier alpha value is -1.94. The van der Waals surface area contributed by atoms with Crippen molar-refractivity contribution in [1.82, 2.24) is 0 Å². The average molecular weight is 284 g/mol. The molecule has 0 spiro atoms. The van der Waals surface area contributed by atoms with Crippen molar-refractivity contribution in [2.24, 2.45) is 0 Å². The van der Waals surface area contributed by atoms with Gasteiger partial charge in [0.2, 0.25) is 10.0 Å². The standard InChI is InChI=1S/C12H16N2O4S/c1-4-10(8-13)19(15,16)14-11-7-9(17-2)5-6-12(11)18-3/h5-7,10,14H,4H2,1-3H3. The Bertz CT molecular complexity index is 578. The van der Waals surface area contributed by atoms with E-state index in [4.69, 9.17) is 14.7 Å². The summed E-state index contributed by atoms with van der Waals surface area (Å²) in [6, 6.07) is 6.49. The zero-order chi connectivity index (χ0) is 14.5. The van der Waals surface area contributed by atoms with Gasteiger partial charge < -0.3 is 9.47 Å². The topological polar surface area (TPSA) is 88.4 Å². The van der Waals surface area contributed by atoms with Crippen LogP contribution in [0.2, 0.25) is 0 Å². The van der Waals surface area contributed by atoms with Crippen LogP contribution in [0.4, 0.5) is 5.69 Å². The summed E-state index contributed by atoms with van der Waals surface area (Å²) in [4.78, 5) is 0. The summed E-state index contributed by atoms with van der Waals surface area (Å²) in [7, 11) is -0.872. The van der Waals surface area contributed by atoms with Gasteiger partial charge in [-0.25, -0.2) is 8.42 Å². The van der Waals surface area contributed by atoms with Crippen molar-refractivity contribution >= 4 is 15.7 Å². The molecule has 0 radical (unpaired) electrons. The molecule has 104 valence electrons. The number of hydrogen-bond donors (Lipinski definition) is 1. The van der Waals surface area contributed by atoms with Gasteiger partial charge in [-0.1, -0.05) is 6.92 Å². The van der Waals surface area contributed by atoms with Gasteiger partial charge in [0.1, 0.15) is 11.5 Å². The summed E-state index contributed by atoms with van der Waals surface area (Å²) in [5.74, 6) is 0.848. The van der Waals surface area contributed by atoms with Crippen molar-refractivity contribution in [2.75, 3.05) is 18.9 Å². The van der Waals surface area contributed by atoms with E-state index in [0.717, 1.165) is 0 Å². The zero-order valence-corrected chi connectivity index (χ0v) is 11.8. The first-order valence-electron chi connectivity index (χ1n) is 5.61. The molecule has 0 saturated carbocycles. The van der Waals surface area contributed by atoms with E-state index in [1.165, 1.54) is 20.3 Å². The average Bonchev–Trinajstić information content (AvgIpc) is 2.39. The number of anilines is 1. The summed E-state index contributed by atoms with van der Waals surface area (Å²) in [5.41, 5.74) is 0.246. The molecule has 0 fully saturated rings. The molecule has 0 bridgehead atoms. The van der Waals surface area contributed by atoms with Crippen LogP contribution < -0.4 is 14.2 Å². The highest BCUT2D eigenvalue weighted by Crippen LogP contribution is 2.30. The van der Waals surface area contributed by atoms with Gasteiger partial charge in [0.05, 0.1) is 26.0 Å². The van der Waals surface area contributed by atoms with Crippen LogP contribution >= 0.6 is 0 Å². The van der Waals surface area contributed by atoms with Crippen LogP contribution in [0.1, 0.15) is 13.3 Å². The second kappa shape index (κ2) is 6.29. The minimum atomic E-state index is -3.78. The fourth-order valence-corrected chi connectivity index (χ4v) is 2.68. The van der Waals surface area contributed by atoms with Crippen molar-refractivity contribution < 1.29 is 17.9 Å². The van der Waals surface area contributed by atoms with Gasteiger partial charge in [0, 0.05) is 6.07 Å². The normalized spacial score (nSPS) is 12.3. The second-order valence-electron chi connectivity index (χ2n) is 3.74. The number of methoxy groups -OCH3 is 2. The monoisotopic (exact) mass is 284 g/mol. The Balaban J connectivity index is 3.14. The molecule has 0 aliphatic rings. The Labute approximate surface area is 113 Å². The molecule has 19 heavy (non-hydrogen) atoms. The molecule has 1 aromatic carbocycles. The van der Waals surface area contributed by atoms with Crippen molar-refractivity contribution in [1.29, 1.82) is 5.26 Å². The third-order valence-electron chi connectivity index (χ3n) is 2.55. The van der Waals surface area contributed by atoms with Crippen LogP contribution in [-0.2, 0) is 10.0 Å². The fourth-order valence-electron chi connectivity index (χ4n) is 1.50. The predicted molar refractivity (Wildman–Crippen MR) is 71.8 cm³/mol. The van der Waals surface area contributed by atoms with Crippen LogP contribution in [0.25, 0.3) is 0 Å². The van der Waals surface area contributed by atoms with Crippen molar-refractivity contribution in [3.05, 3.63) is 18.2 Å². The molecular weight excluding hydrogens is 268 g/mol. The number of nitrogens with one attached hydrogen (secondary N) is 1. The lowest BCUT2D eigenvalue weighted by Gasteiger charge is -2.14. The lowest BCUT2D eigenvalue weighted by molar-refractivity contribution is 0.405. The maximum atomic E-state index is 12.0. The minimum absolute atomic E-state index is 0.206. The summed E-state index contributed by atoms with van der Waals surface area (Å²) in [6.07, 6.45) is 0.206. The minimum Gasteiger partial charge on any atom is -0.497 e. The van der Waals surface area contributed by atoms with Gasteiger partial charge in [0.25, 0.3) is 0 Å². The molecule has 1 N–H and O–H groups in total. The van der Waals surface area contributed by atoms with E-state index in [0.29, 0.717) is 11.5 Å². The molecule has 0 aliphatic heterocycles. The molecule has 0 amide bonds. The fraction of sp³-hybridized carbons (Fsp3) is 0.417. The molecule has 1 unspecified atom stereocenters. The summed E-state index contributed by atoms with van der Waals surface area (Å²) in [5, 5.41) is 7.73. The lowest BCUT2D eigenvalue weighted by atomic mass is 10.3. The van der Waals surface area contributed by atoms with E-state index in [1.807, 2.05) is 0 Å². The van der Waals surface area contributed by atoms with Gasteiger partial charge in [-0.3, -0.25) is 4.72 Å². The molecule has 7 heteroatoms. The van der Waals surface area contributed by atoms with E-state index < -0.39 is 15.3 Å². The Morgan fingerprint density at radius 1 is 1.37 bits per heavy atom. The molecule has 1 rings (SSSR count). The Morgan fingerprint density at radius 3 is 2.53 bits per heavy atom. The van der Waals surface area contributed by atoms with Crippen molar-refractivity contribution in [2.45, 2.75) is 18.6 Å². The van der Waals surface area contributed by atoms with E-state index in [1.54, 1.807) is 25.1 Å². The molecule has 1 atom stereocenters. The molecule has 1 aromatic rings. The van der Waals surface area contributed by atoms with E-state index in [-0.39, 0.29) is 12.1 Å². The van der Waals surface area contributed by atoms with Gasteiger partial charge in [-0.05, 0) is 18.6 Å². The SMILES string of the molecule is CCC(C#N)S(=O)(=O)Nc1cc(OC)ccc1OC. The van der Waals surface area contributed by atoms with Crippen molar-refractivity contribution in [3.8, 4) is 17.6 Å². The molecule has 0 aromatic heterocycles. The van der Waals surface area contributed by atoms with Crippen LogP contribution in [0, 0.1) is 11.3 Å². The van der Waals surface area contributed by atoms with Crippen LogP contribution in [-0.4, -0.2) is 27.9 Å². The third kappa shape index (κ3) is 3.51. The predicted octanol–water partition coefficient (Wildman–Crippen LogP) is 1.75. The quantitative estimate of drug-likeness (QED) is 0.859. The van der Waals surface area contributed by atoms with E-state index >= 15 is 0 Å².